The van der Waals surface area contributed by atoms with Crippen LogP contribution in [0.25, 0.3) is 22.2 Å². The molecule has 4 nitrogen and oxygen atoms in total. The summed E-state index contributed by atoms with van der Waals surface area (Å²) < 4.78 is 0. The van der Waals surface area contributed by atoms with Crippen LogP contribution in [0.1, 0.15) is 21.5 Å². The molecular weight excluding hydrogens is 310 g/mol. The van der Waals surface area contributed by atoms with E-state index in [9.17, 15) is 4.79 Å². The molecule has 0 aliphatic heterocycles. The first-order chi connectivity index (χ1) is 12.1. The van der Waals surface area contributed by atoms with Crippen molar-refractivity contribution >= 4 is 22.5 Å². The molecule has 4 aromatic rings. The van der Waals surface area contributed by atoms with E-state index in [1.165, 1.54) is 0 Å². The summed E-state index contributed by atoms with van der Waals surface area (Å²) in [5.41, 5.74) is 11.5. The van der Waals surface area contributed by atoms with E-state index in [1.807, 2.05) is 61.5 Å². The highest BCUT2D eigenvalue weighted by Crippen LogP contribution is 2.27. The van der Waals surface area contributed by atoms with Crippen molar-refractivity contribution in [2.45, 2.75) is 6.92 Å². The number of nitrogen functional groups attached to an aromatic ring is 1. The fraction of sp³-hybridized carbons (Fsp3) is 0.0476. The molecule has 0 atom stereocenters. The van der Waals surface area contributed by atoms with Gasteiger partial charge in [-0.2, -0.15) is 0 Å². The minimum absolute atomic E-state index is 0.00382. The number of aromatic nitrogens is 2. The molecule has 4 heteroatoms. The summed E-state index contributed by atoms with van der Waals surface area (Å²) in [5.74, 6) is -0.00382. The van der Waals surface area contributed by atoms with Gasteiger partial charge in [-0.1, -0.05) is 36.4 Å². The molecule has 0 bridgehead atoms. The van der Waals surface area contributed by atoms with Crippen molar-refractivity contribution in [3.63, 3.8) is 0 Å². The number of pyridine rings is 1. The lowest BCUT2D eigenvalue weighted by molar-refractivity contribution is 0.104. The molecule has 0 saturated heterocycles. The molecule has 2 aromatic heterocycles. The summed E-state index contributed by atoms with van der Waals surface area (Å²) in [6.45, 7) is 1.94. The number of rotatable bonds is 3. The van der Waals surface area contributed by atoms with E-state index in [4.69, 9.17) is 5.73 Å². The predicted molar refractivity (Wildman–Crippen MR) is 101 cm³/mol. The fourth-order valence-electron chi connectivity index (χ4n) is 3.04. The smallest absolute Gasteiger partial charge is 0.195 e. The minimum atomic E-state index is -0.00382. The SMILES string of the molecule is Cc1ccccc1C(=O)c1c[nH]c2ncc(-c3cccc(N)c3)cc12. The van der Waals surface area contributed by atoms with Gasteiger partial charge in [0.1, 0.15) is 5.65 Å². The van der Waals surface area contributed by atoms with Crippen LogP contribution in [0.4, 0.5) is 5.69 Å². The Morgan fingerprint density at radius 2 is 1.84 bits per heavy atom. The highest BCUT2D eigenvalue weighted by atomic mass is 16.1. The second-order valence-corrected chi connectivity index (χ2v) is 6.09. The largest absolute Gasteiger partial charge is 0.399 e. The first-order valence-electron chi connectivity index (χ1n) is 8.07. The molecule has 0 amide bonds. The molecule has 0 unspecified atom stereocenters. The Labute approximate surface area is 145 Å². The Bertz CT molecular complexity index is 1100. The third-order valence-corrected chi connectivity index (χ3v) is 4.39. The van der Waals surface area contributed by atoms with Crippen LogP contribution in [0.5, 0.6) is 0 Å². The van der Waals surface area contributed by atoms with E-state index in [2.05, 4.69) is 9.97 Å². The van der Waals surface area contributed by atoms with Crippen LogP contribution in [0.2, 0.25) is 0 Å². The van der Waals surface area contributed by atoms with E-state index in [0.29, 0.717) is 22.5 Å². The van der Waals surface area contributed by atoms with Gasteiger partial charge in [-0.05, 0) is 36.2 Å². The molecule has 122 valence electrons. The number of ketones is 1. The molecule has 0 saturated carbocycles. The van der Waals surface area contributed by atoms with Crippen molar-refractivity contribution in [3.05, 3.63) is 83.7 Å². The maximum atomic E-state index is 13.0. The summed E-state index contributed by atoms with van der Waals surface area (Å²) >= 11 is 0. The van der Waals surface area contributed by atoms with Gasteiger partial charge in [0.2, 0.25) is 0 Å². The van der Waals surface area contributed by atoms with Crippen molar-refractivity contribution in [3.8, 4) is 11.1 Å². The Kier molecular flexibility index (Phi) is 3.58. The number of H-pyrrole nitrogens is 1. The molecule has 0 aliphatic carbocycles. The van der Waals surface area contributed by atoms with E-state index < -0.39 is 0 Å². The van der Waals surface area contributed by atoms with Gasteiger partial charge in [0.25, 0.3) is 0 Å². The third kappa shape index (κ3) is 2.68. The average molecular weight is 327 g/mol. The topological polar surface area (TPSA) is 71.8 Å². The van der Waals surface area contributed by atoms with Crippen LogP contribution in [-0.2, 0) is 0 Å². The van der Waals surface area contributed by atoms with Crippen molar-refractivity contribution in [1.29, 1.82) is 0 Å². The Hall–Kier alpha value is -3.40. The lowest BCUT2D eigenvalue weighted by atomic mass is 9.98. The van der Waals surface area contributed by atoms with Gasteiger partial charge in [0.15, 0.2) is 5.78 Å². The molecule has 0 spiro atoms. The quantitative estimate of drug-likeness (QED) is 0.434. The summed E-state index contributed by atoms with van der Waals surface area (Å²) in [6.07, 6.45) is 3.52. The van der Waals surface area contributed by atoms with Crippen molar-refractivity contribution in [2.75, 3.05) is 5.73 Å². The molecule has 0 aliphatic rings. The van der Waals surface area contributed by atoms with Gasteiger partial charge in [-0.15, -0.1) is 0 Å². The van der Waals surface area contributed by atoms with Gasteiger partial charge in [0, 0.05) is 40.2 Å². The maximum absolute atomic E-state index is 13.0. The third-order valence-electron chi connectivity index (χ3n) is 4.39. The molecule has 0 radical (unpaired) electrons. The van der Waals surface area contributed by atoms with Crippen LogP contribution >= 0.6 is 0 Å². The summed E-state index contributed by atoms with van der Waals surface area (Å²) in [4.78, 5) is 20.5. The van der Waals surface area contributed by atoms with Gasteiger partial charge in [-0.3, -0.25) is 4.79 Å². The number of aromatic amines is 1. The van der Waals surface area contributed by atoms with Crippen LogP contribution in [0.15, 0.2) is 67.0 Å². The van der Waals surface area contributed by atoms with Gasteiger partial charge >= 0.3 is 0 Å². The molecule has 4 rings (SSSR count). The van der Waals surface area contributed by atoms with Crippen LogP contribution in [-0.4, -0.2) is 15.8 Å². The number of nitrogens with two attached hydrogens (primary N) is 1. The normalized spacial score (nSPS) is 10.9. The summed E-state index contributed by atoms with van der Waals surface area (Å²) in [6, 6.07) is 17.2. The average Bonchev–Trinajstić information content (AvgIpc) is 3.04. The second kappa shape index (κ2) is 5.91. The number of nitrogens with one attached hydrogen (secondary N) is 1. The molecule has 25 heavy (non-hydrogen) atoms. The van der Waals surface area contributed by atoms with E-state index in [-0.39, 0.29) is 5.78 Å². The lowest BCUT2D eigenvalue weighted by Crippen LogP contribution is -2.02. The Morgan fingerprint density at radius 1 is 1.00 bits per heavy atom. The highest BCUT2D eigenvalue weighted by Gasteiger charge is 2.17. The minimum Gasteiger partial charge on any atom is -0.399 e. The Morgan fingerprint density at radius 3 is 2.64 bits per heavy atom. The molecule has 2 heterocycles. The monoisotopic (exact) mass is 327 g/mol. The number of carbonyl (C=O) groups excluding carboxylic acids is 1. The first kappa shape index (κ1) is 15.1. The highest BCUT2D eigenvalue weighted by molar-refractivity contribution is 6.16. The zero-order valence-electron chi connectivity index (χ0n) is 13.8. The Balaban J connectivity index is 1.85. The number of fused-ring (bicyclic) bond motifs is 1. The number of anilines is 1. The number of nitrogens with zero attached hydrogens (tertiary/aromatic N) is 1. The van der Waals surface area contributed by atoms with Gasteiger partial charge in [0.05, 0.1) is 0 Å². The second-order valence-electron chi connectivity index (χ2n) is 6.09. The van der Waals surface area contributed by atoms with E-state index in [1.54, 1.807) is 12.4 Å². The molecular formula is C21H17N3O. The van der Waals surface area contributed by atoms with E-state index in [0.717, 1.165) is 22.1 Å². The van der Waals surface area contributed by atoms with Crippen LogP contribution in [0, 0.1) is 6.92 Å². The van der Waals surface area contributed by atoms with Crippen LogP contribution in [0.3, 0.4) is 0 Å². The summed E-state index contributed by atoms with van der Waals surface area (Å²) in [5, 5.41) is 0.813. The number of hydrogen-bond donors (Lipinski definition) is 2. The van der Waals surface area contributed by atoms with Gasteiger partial charge < -0.3 is 10.7 Å². The lowest BCUT2D eigenvalue weighted by Gasteiger charge is -2.05. The van der Waals surface area contributed by atoms with Crippen LogP contribution < -0.4 is 5.73 Å². The van der Waals surface area contributed by atoms with Crippen molar-refractivity contribution in [2.24, 2.45) is 0 Å². The standard InChI is InChI=1S/C21H17N3O/c1-13-5-2-3-8-17(13)20(25)19-12-24-21-18(19)10-15(11-23-21)14-6-4-7-16(22)9-14/h2-12H,22H2,1H3,(H,23,24). The zero-order valence-corrected chi connectivity index (χ0v) is 13.8. The number of hydrogen-bond acceptors (Lipinski definition) is 3. The fourth-order valence-corrected chi connectivity index (χ4v) is 3.04. The number of benzene rings is 2. The summed E-state index contributed by atoms with van der Waals surface area (Å²) in [7, 11) is 0. The molecule has 0 fully saturated rings. The van der Waals surface area contributed by atoms with Gasteiger partial charge in [-0.25, -0.2) is 4.98 Å². The van der Waals surface area contributed by atoms with Crippen molar-refractivity contribution in [1.82, 2.24) is 9.97 Å². The first-order valence-corrected chi connectivity index (χ1v) is 8.07. The number of carbonyl (C=O) groups is 1. The maximum Gasteiger partial charge on any atom is 0.195 e. The molecule has 2 aromatic carbocycles. The predicted octanol–water partition coefficient (Wildman–Crippen LogP) is 4.35. The number of aryl methyl sites for hydroxylation is 1. The molecule has 3 N–H and O–H groups in total. The van der Waals surface area contributed by atoms with E-state index >= 15 is 0 Å². The zero-order chi connectivity index (χ0) is 17.4. The van der Waals surface area contributed by atoms with Crippen molar-refractivity contribution < 1.29 is 4.79 Å².